The van der Waals surface area contributed by atoms with Crippen LogP contribution >= 0.6 is 23.2 Å². The topological polar surface area (TPSA) is 9.23 Å². The van der Waals surface area contributed by atoms with Crippen molar-refractivity contribution in [3.8, 4) is 17.6 Å². The Bertz CT molecular complexity index is 611. The van der Waals surface area contributed by atoms with Gasteiger partial charge in [-0.25, -0.2) is 0 Å². The van der Waals surface area contributed by atoms with Crippen LogP contribution in [0.2, 0.25) is 5.02 Å². The van der Waals surface area contributed by atoms with Crippen molar-refractivity contribution in [1.82, 2.24) is 0 Å². The van der Waals surface area contributed by atoms with E-state index in [0.29, 0.717) is 17.5 Å². The molecule has 2 rings (SSSR count). The molecule has 0 saturated carbocycles. The molecule has 0 aliphatic rings. The lowest BCUT2D eigenvalue weighted by atomic mass is 10.2. The quantitative estimate of drug-likeness (QED) is 0.597. The lowest BCUT2D eigenvalue weighted by Gasteiger charge is -2.07. The summed E-state index contributed by atoms with van der Waals surface area (Å²) in [7, 11) is 0. The van der Waals surface area contributed by atoms with Crippen molar-refractivity contribution in [2.24, 2.45) is 0 Å². The molecule has 0 atom stereocenters. The van der Waals surface area contributed by atoms with Gasteiger partial charge in [-0.2, -0.15) is 0 Å². The van der Waals surface area contributed by atoms with Crippen LogP contribution in [-0.2, 0) is 6.61 Å². The number of hydrogen-bond acceptors (Lipinski definition) is 1. The summed E-state index contributed by atoms with van der Waals surface area (Å²) in [4.78, 5) is 0. The number of rotatable bonds is 3. The fourth-order valence-electron chi connectivity index (χ4n) is 1.58. The van der Waals surface area contributed by atoms with Crippen molar-refractivity contribution < 1.29 is 4.74 Å². The van der Waals surface area contributed by atoms with Crippen LogP contribution in [0.25, 0.3) is 0 Å². The SMILES string of the molecule is ClCC#Cc1cccc(OCc2ccccc2Cl)c1. The fourth-order valence-corrected chi connectivity index (χ4v) is 1.83. The summed E-state index contributed by atoms with van der Waals surface area (Å²) in [5.74, 6) is 6.86. The Morgan fingerprint density at radius 2 is 1.89 bits per heavy atom. The van der Waals surface area contributed by atoms with Gasteiger partial charge in [-0.3, -0.25) is 0 Å². The van der Waals surface area contributed by atoms with Crippen molar-refractivity contribution >= 4 is 23.2 Å². The minimum Gasteiger partial charge on any atom is -0.489 e. The van der Waals surface area contributed by atoms with Crippen molar-refractivity contribution in [2.75, 3.05) is 5.88 Å². The molecule has 0 unspecified atom stereocenters. The van der Waals surface area contributed by atoms with Crippen molar-refractivity contribution in [2.45, 2.75) is 6.61 Å². The third kappa shape index (κ3) is 4.21. The van der Waals surface area contributed by atoms with E-state index in [1.807, 2.05) is 48.5 Å². The molecule has 1 nitrogen and oxygen atoms in total. The maximum Gasteiger partial charge on any atom is 0.121 e. The number of halogens is 2. The fraction of sp³-hybridized carbons (Fsp3) is 0.125. The van der Waals surface area contributed by atoms with Crippen LogP contribution in [-0.4, -0.2) is 5.88 Å². The molecule has 2 aromatic rings. The predicted octanol–water partition coefficient (Wildman–Crippen LogP) is 4.51. The van der Waals surface area contributed by atoms with Gasteiger partial charge in [-0.1, -0.05) is 47.7 Å². The molecule has 0 spiro atoms. The Morgan fingerprint density at radius 3 is 2.68 bits per heavy atom. The molecular formula is C16H12Cl2O. The molecule has 0 N–H and O–H groups in total. The average Bonchev–Trinajstić information content (AvgIpc) is 2.45. The third-order valence-corrected chi connectivity index (χ3v) is 2.99. The molecule has 0 aliphatic carbocycles. The highest BCUT2D eigenvalue weighted by Gasteiger charge is 2.00. The van der Waals surface area contributed by atoms with Crippen molar-refractivity contribution in [3.63, 3.8) is 0 Å². The predicted molar refractivity (Wildman–Crippen MR) is 79.8 cm³/mol. The molecule has 96 valence electrons. The van der Waals surface area contributed by atoms with E-state index < -0.39 is 0 Å². The molecule has 0 fully saturated rings. The molecular weight excluding hydrogens is 279 g/mol. The molecule has 0 aromatic heterocycles. The zero-order valence-corrected chi connectivity index (χ0v) is 11.7. The van der Waals surface area contributed by atoms with Gasteiger partial charge in [0.1, 0.15) is 12.4 Å². The van der Waals surface area contributed by atoms with Gasteiger partial charge in [0.2, 0.25) is 0 Å². The smallest absolute Gasteiger partial charge is 0.121 e. The molecule has 2 aromatic carbocycles. The zero-order chi connectivity index (χ0) is 13.5. The van der Waals surface area contributed by atoms with Gasteiger partial charge in [0.05, 0.1) is 5.88 Å². The summed E-state index contributed by atoms with van der Waals surface area (Å²) in [5.41, 5.74) is 1.85. The molecule has 0 aliphatic heterocycles. The minimum atomic E-state index is 0.324. The van der Waals surface area contributed by atoms with Crippen LogP contribution in [0.3, 0.4) is 0 Å². The second kappa shape index (κ2) is 7.09. The summed E-state index contributed by atoms with van der Waals surface area (Å²) in [6.07, 6.45) is 0. The monoisotopic (exact) mass is 290 g/mol. The number of benzene rings is 2. The van der Waals surface area contributed by atoms with Crippen LogP contribution in [0.15, 0.2) is 48.5 Å². The summed E-state index contributed by atoms with van der Waals surface area (Å²) in [5, 5.41) is 0.709. The Hall–Kier alpha value is -1.62. The highest BCUT2D eigenvalue weighted by atomic mass is 35.5. The van der Waals surface area contributed by atoms with Crippen LogP contribution in [0.4, 0.5) is 0 Å². The van der Waals surface area contributed by atoms with Crippen LogP contribution in [0.5, 0.6) is 5.75 Å². The van der Waals surface area contributed by atoms with E-state index in [2.05, 4.69) is 11.8 Å². The van der Waals surface area contributed by atoms with Crippen LogP contribution in [0.1, 0.15) is 11.1 Å². The second-order valence-corrected chi connectivity index (χ2v) is 4.52. The third-order valence-electron chi connectivity index (χ3n) is 2.49. The molecule has 0 amide bonds. The van der Waals surface area contributed by atoms with E-state index in [9.17, 15) is 0 Å². The molecule has 3 heteroatoms. The van der Waals surface area contributed by atoms with E-state index in [0.717, 1.165) is 16.9 Å². The summed E-state index contributed by atoms with van der Waals surface area (Å²) >= 11 is 11.6. The largest absolute Gasteiger partial charge is 0.489 e. The molecule has 0 bridgehead atoms. The van der Waals surface area contributed by atoms with Crippen molar-refractivity contribution in [1.29, 1.82) is 0 Å². The number of alkyl halides is 1. The van der Waals surface area contributed by atoms with Gasteiger partial charge in [-0.05, 0) is 24.3 Å². The van der Waals surface area contributed by atoms with Crippen molar-refractivity contribution in [3.05, 3.63) is 64.7 Å². The van der Waals surface area contributed by atoms with Gasteiger partial charge >= 0.3 is 0 Å². The van der Waals surface area contributed by atoms with Gasteiger partial charge in [0.15, 0.2) is 0 Å². The van der Waals surface area contributed by atoms with Gasteiger partial charge in [0, 0.05) is 16.1 Å². The summed E-state index contributed by atoms with van der Waals surface area (Å²) in [6, 6.07) is 15.2. The van der Waals surface area contributed by atoms with E-state index >= 15 is 0 Å². The number of ether oxygens (including phenoxy) is 1. The van der Waals surface area contributed by atoms with E-state index in [1.54, 1.807) is 0 Å². The highest BCUT2D eigenvalue weighted by Crippen LogP contribution is 2.19. The number of hydrogen-bond donors (Lipinski definition) is 0. The van der Waals surface area contributed by atoms with Crippen LogP contribution in [0, 0.1) is 11.8 Å². The molecule has 0 heterocycles. The Balaban J connectivity index is 2.06. The standard InChI is InChI=1S/C16H12Cl2O/c17-10-4-6-13-5-3-8-15(11-13)19-12-14-7-1-2-9-16(14)18/h1-3,5,7-9,11H,10,12H2. The van der Waals surface area contributed by atoms with E-state index in [4.69, 9.17) is 27.9 Å². The molecule has 0 saturated heterocycles. The van der Waals surface area contributed by atoms with Gasteiger partial charge in [0.25, 0.3) is 0 Å². The lowest BCUT2D eigenvalue weighted by molar-refractivity contribution is 0.306. The average molecular weight is 291 g/mol. The Labute approximate surface area is 123 Å². The summed E-state index contributed by atoms with van der Waals surface area (Å²) < 4.78 is 5.71. The van der Waals surface area contributed by atoms with E-state index in [1.165, 1.54) is 0 Å². The van der Waals surface area contributed by atoms with Crippen LogP contribution < -0.4 is 4.74 Å². The molecule has 0 radical (unpaired) electrons. The molecule has 19 heavy (non-hydrogen) atoms. The normalized spacial score (nSPS) is 9.58. The summed E-state index contributed by atoms with van der Waals surface area (Å²) in [6.45, 7) is 0.437. The Morgan fingerprint density at radius 1 is 1.05 bits per heavy atom. The first-order valence-electron chi connectivity index (χ1n) is 5.80. The first-order chi connectivity index (χ1) is 9.29. The maximum absolute atomic E-state index is 6.07. The lowest BCUT2D eigenvalue weighted by Crippen LogP contribution is -1.96. The van der Waals surface area contributed by atoms with E-state index in [-0.39, 0.29) is 0 Å². The second-order valence-electron chi connectivity index (χ2n) is 3.84. The first kappa shape index (κ1) is 13.8. The van der Waals surface area contributed by atoms with Gasteiger partial charge in [-0.15, -0.1) is 11.6 Å². The maximum atomic E-state index is 6.07. The minimum absolute atomic E-state index is 0.324. The Kier molecular flexibility index (Phi) is 5.15. The zero-order valence-electron chi connectivity index (χ0n) is 10.2. The first-order valence-corrected chi connectivity index (χ1v) is 6.72. The highest BCUT2D eigenvalue weighted by molar-refractivity contribution is 6.31. The van der Waals surface area contributed by atoms with Gasteiger partial charge < -0.3 is 4.74 Å².